The van der Waals surface area contributed by atoms with Crippen molar-refractivity contribution in [3.05, 3.63) is 33.9 Å². The Morgan fingerprint density at radius 1 is 1.21 bits per heavy atom. The summed E-state index contributed by atoms with van der Waals surface area (Å²) in [5.41, 5.74) is -3.82. The van der Waals surface area contributed by atoms with Gasteiger partial charge in [-0.05, 0) is 13.0 Å². The SMILES string of the molecule is COc1cc(O)c2c(=O)oc3c(c2c1)[C@@](C)(O)C[C@H](OC)[C@@]31C[C@@H](O)C(=O)O1. The van der Waals surface area contributed by atoms with Gasteiger partial charge in [-0.1, -0.05) is 0 Å². The number of benzene rings is 1. The van der Waals surface area contributed by atoms with Gasteiger partial charge in [0.05, 0.1) is 12.7 Å². The molecule has 4 rings (SSSR count). The number of hydrogen-bond donors (Lipinski definition) is 3. The molecule has 9 nitrogen and oxygen atoms in total. The Labute approximate surface area is 159 Å². The summed E-state index contributed by atoms with van der Waals surface area (Å²) in [6, 6.07) is 2.75. The molecule has 0 amide bonds. The van der Waals surface area contributed by atoms with Crippen molar-refractivity contribution in [3.63, 3.8) is 0 Å². The fourth-order valence-corrected chi connectivity index (χ4v) is 4.32. The van der Waals surface area contributed by atoms with E-state index in [1.54, 1.807) is 0 Å². The lowest BCUT2D eigenvalue weighted by atomic mass is 9.71. The maximum absolute atomic E-state index is 12.7. The molecule has 1 aromatic heterocycles. The summed E-state index contributed by atoms with van der Waals surface area (Å²) in [4.78, 5) is 24.7. The second kappa shape index (κ2) is 5.94. The molecule has 1 aliphatic carbocycles. The maximum atomic E-state index is 12.7. The average molecular weight is 392 g/mol. The highest BCUT2D eigenvalue weighted by Gasteiger charge is 2.62. The summed E-state index contributed by atoms with van der Waals surface area (Å²) in [6.45, 7) is 1.51. The number of phenolic OH excluding ortho intramolecular Hbond substituents is 1. The topological polar surface area (TPSA) is 136 Å². The Morgan fingerprint density at radius 2 is 1.93 bits per heavy atom. The van der Waals surface area contributed by atoms with E-state index in [-0.39, 0.29) is 46.4 Å². The Balaban J connectivity index is 2.14. The van der Waals surface area contributed by atoms with E-state index in [1.807, 2.05) is 0 Å². The van der Waals surface area contributed by atoms with Gasteiger partial charge >= 0.3 is 11.6 Å². The Morgan fingerprint density at radius 3 is 2.50 bits per heavy atom. The largest absolute Gasteiger partial charge is 0.507 e. The molecule has 1 aromatic carbocycles. The van der Waals surface area contributed by atoms with E-state index >= 15 is 0 Å². The zero-order valence-corrected chi connectivity index (χ0v) is 15.5. The monoisotopic (exact) mass is 392 g/mol. The van der Waals surface area contributed by atoms with Gasteiger partial charge in [0.1, 0.15) is 23.0 Å². The molecule has 1 aliphatic heterocycles. The number of aliphatic hydroxyl groups excluding tert-OH is 1. The normalized spacial score (nSPS) is 31.8. The molecule has 1 saturated heterocycles. The molecule has 0 bridgehead atoms. The summed E-state index contributed by atoms with van der Waals surface area (Å²) in [7, 11) is 2.77. The summed E-state index contributed by atoms with van der Waals surface area (Å²) in [6.07, 6.45) is -2.49. The molecule has 1 spiro atoms. The van der Waals surface area contributed by atoms with Gasteiger partial charge in [0.25, 0.3) is 0 Å². The van der Waals surface area contributed by atoms with Crippen molar-refractivity contribution in [2.24, 2.45) is 0 Å². The average Bonchev–Trinajstić information content (AvgIpc) is 2.93. The number of fused-ring (bicyclic) bond motifs is 4. The van der Waals surface area contributed by atoms with Crippen LogP contribution in [0.2, 0.25) is 0 Å². The van der Waals surface area contributed by atoms with Crippen molar-refractivity contribution in [1.29, 1.82) is 0 Å². The first-order chi connectivity index (χ1) is 13.1. The van der Waals surface area contributed by atoms with E-state index in [0.29, 0.717) is 0 Å². The van der Waals surface area contributed by atoms with Crippen LogP contribution in [0.4, 0.5) is 0 Å². The fourth-order valence-electron chi connectivity index (χ4n) is 4.32. The number of aromatic hydroxyl groups is 1. The number of esters is 1. The van der Waals surface area contributed by atoms with Crippen LogP contribution in [-0.4, -0.2) is 47.7 Å². The van der Waals surface area contributed by atoms with Crippen LogP contribution in [0.25, 0.3) is 10.8 Å². The van der Waals surface area contributed by atoms with E-state index in [1.165, 1.54) is 33.3 Å². The lowest BCUT2D eigenvalue weighted by Crippen LogP contribution is -2.51. The molecule has 0 unspecified atom stereocenters. The Bertz CT molecular complexity index is 1040. The smallest absolute Gasteiger partial charge is 0.347 e. The van der Waals surface area contributed by atoms with Gasteiger partial charge in [0.15, 0.2) is 17.5 Å². The van der Waals surface area contributed by atoms with Crippen LogP contribution in [0.5, 0.6) is 11.5 Å². The minimum atomic E-state index is -1.57. The number of carbonyl (C=O) groups excluding carboxylic acids is 1. The lowest BCUT2D eigenvalue weighted by Gasteiger charge is -2.44. The van der Waals surface area contributed by atoms with E-state index in [9.17, 15) is 24.9 Å². The van der Waals surface area contributed by atoms with Crippen molar-refractivity contribution in [2.75, 3.05) is 14.2 Å². The van der Waals surface area contributed by atoms with Crippen LogP contribution < -0.4 is 10.4 Å². The maximum Gasteiger partial charge on any atom is 0.347 e. The molecule has 2 aromatic rings. The van der Waals surface area contributed by atoms with Gasteiger partial charge in [-0.2, -0.15) is 0 Å². The van der Waals surface area contributed by atoms with Crippen LogP contribution >= 0.6 is 0 Å². The molecule has 1 fully saturated rings. The Hall–Kier alpha value is -2.62. The lowest BCUT2D eigenvalue weighted by molar-refractivity contribution is -0.182. The van der Waals surface area contributed by atoms with Gasteiger partial charge in [0, 0.05) is 37.0 Å². The molecule has 4 atom stereocenters. The molecule has 2 heterocycles. The number of methoxy groups -OCH3 is 2. The molecular weight excluding hydrogens is 372 g/mol. The van der Waals surface area contributed by atoms with Crippen LogP contribution in [0, 0.1) is 0 Å². The molecular formula is C19H20O9. The zero-order chi connectivity index (χ0) is 20.4. The van der Waals surface area contributed by atoms with Crippen molar-refractivity contribution < 1.29 is 38.7 Å². The third kappa shape index (κ3) is 2.36. The third-order valence-electron chi connectivity index (χ3n) is 5.58. The van der Waals surface area contributed by atoms with E-state index < -0.39 is 35.0 Å². The minimum Gasteiger partial charge on any atom is -0.507 e. The molecule has 2 aliphatic rings. The van der Waals surface area contributed by atoms with Gasteiger partial charge in [-0.15, -0.1) is 0 Å². The van der Waals surface area contributed by atoms with Crippen molar-refractivity contribution in [1.82, 2.24) is 0 Å². The second-order valence-corrected chi connectivity index (χ2v) is 7.40. The molecule has 0 saturated carbocycles. The second-order valence-electron chi connectivity index (χ2n) is 7.40. The summed E-state index contributed by atoms with van der Waals surface area (Å²) in [5.74, 6) is -1.08. The van der Waals surface area contributed by atoms with E-state index in [0.717, 1.165) is 0 Å². The van der Waals surface area contributed by atoms with Gasteiger partial charge < -0.3 is 33.9 Å². The number of aliphatic hydroxyl groups is 2. The van der Waals surface area contributed by atoms with Gasteiger partial charge in [-0.3, -0.25) is 0 Å². The number of carbonyl (C=O) groups is 1. The molecule has 9 heteroatoms. The molecule has 150 valence electrons. The van der Waals surface area contributed by atoms with Gasteiger partial charge in [-0.25, -0.2) is 9.59 Å². The quantitative estimate of drug-likeness (QED) is 0.629. The van der Waals surface area contributed by atoms with E-state index in [2.05, 4.69) is 0 Å². The first-order valence-electron chi connectivity index (χ1n) is 8.69. The third-order valence-corrected chi connectivity index (χ3v) is 5.58. The van der Waals surface area contributed by atoms with Crippen LogP contribution in [0.1, 0.15) is 31.1 Å². The van der Waals surface area contributed by atoms with E-state index in [4.69, 9.17) is 18.6 Å². The highest BCUT2D eigenvalue weighted by atomic mass is 16.6. The Kier molecular flexibility index (Phi) is 3.97. The predicted molar refractivity (Wildman–Crippen MR) is 94.1 cm³/mol. The van der Waals surface area contributed by atoms with Crippen LogP contribution in [0.3, 0.4) is 0 Å². The first kappa shape index (κ1) is 18.7. The standard InChI is InChI=1S/C19H20O9/c1-18(24)7-12(26-3)19(6-11(21)16(22)28-19)15-14(18)9-4-8(25-2)5-10(20)13(9)17(23)27-15/h4-5,11-12,20-21,24H,6-7H2,1-3H3/t11-,12+,18+,19+/m1/s1. The fraction of sp³-hybridized carbons (Fsp3) is 0.474. The number of phenols is 1. The number of rotatable bonds is 2. The molecule has 3 N–H and O–H groups in total. The predicted octanol–water partition coefficient (Wildman–Crippen LogP) is 0.636. The van der Waals surface area contributed by atoms with Crippen molar-refractivity contribution >= 4 is 16.7 Å². The molecule has 0 radical (unpaired) electrons. The number of hydrogen-bond acceptors (Lipinski definition) is 9. The minimum absolute atomic E-state index is 0.00268. The highest BCUT2D eigenvalue weighted by molar-refractivity contribution is 5.92. The van der Waals surface area contributed by atoms with Crippen LogP contribution in [0.15, 0.2) is 21.3 Å². The summed E-state index contributed by atoms with van der Waals surface area (Å²) >= 11 is 0. The summed E-state index contributed by atoms with van der Waals surface area (Å²) in [5, 5.41) is 31.6. The number of ether oxygens (including phenoxy) is 3. The van der Waals surface area contributed by atoms with Crippen molar-refractivity contribution in [2.45, 2.75) is 43.2 Å². The van der Waals surface area contributed by atoms with Crippen LogP contribution in [-0.2, 0) is 25.5 Å². The molecule has 28 heavy (non-hydrogen) atoms. The highest BCUT2D eigenvalue weighted by Crippen LogP contribution is 2.53. The van der Waals surface area contributed by atoms with Crippen molar-refractivity contribution in [3.8, 4) is 11.5 Å². The zero-order valence-electron chi connectivity index (χ0n) is 15.5. The van der Waals surface area contributed by atoms with Gasteiger partial charge in [0.2, 0.25) is 0 Å². The summed E-state index contributed by atoms with van der Waals surface area (Å²) < 4.78 is 21.6. The first-order valence-corrected chi connectivity index (χ1v) is 8.69.